The first-order chi connectivity index (χ1) is 6.94. The van der Waals surface area contributed by atoms with Gasteiger partial charge in [-0.25, -0.2) is 0 Å². The van der Waals surface area contributed by atoms with Crippen LogP contribution in [0.3, 0.4) is 0 Å². The molecular weight excluding hydrogens is 212 g/mol. The molecule has 1 saturated heterocycles. The van der Waals surface area contributed by atoms with Crippen LogP contribution in [0.2, 0.25) is 0 Å². The summed E-state index contributed by atoms with van der Waals surface area (Å²) in [5.41, 5.74) is 0.221. The number of halogens is 1. The van der Waals surface area contributed by atoms with E-state index in [4.69, 9.17) is 16.9 Å². The first kappa shape index (κ1) is 12.3. The summed E-state index contributed by atoms with van der Waals surface area (Å²) in [5, 5.41) is 8.02. The van der Waals surface area contributed by atoms with Gasteiger partial charge in [-0.3, -0.25) is 4.79 Å². The van der Waals surface area contributed by atoms with Gasteiger partial charge in [0.05, 0.1) is 12.6 Å². The maximum absolute atomic E-state index is 11.7. The molecule has 1 unspecified atom stereocenters. The first-order valence-electron chi connectivity index (χ1n) is 5.26. The van der Waals surface area contributed by atoms with Crippen LogP contribution in [0.5, 0.6) is 0 Å². The second kappa shape index (κ2) is 4.85. The Morgan fingerprint density at radius 3 is 2.87 bits per heavy atom. The average molecular weight is 229 g/mol. The van der Waals surface area contributed by atoms with Gasteiger partial charge in [-0.15, -0.1) is 11.6 Å². The van der Waals surface area contributed by atoms with E-state index in [-0.39, 0.29) is 11.3 Å². The summed E-state index contributed by atoms with van der Waals surface area (Å²) in [6.07, 6.45) is 2.47. The molecule has 0 saturated carbocycles. The lowest BCUT2D eigenvalue weighted by Crippen LogP contribution is -2.35. The smallest absolute Gasteiger partial charge is 0.222 e. The fourth-order valence-electron chi connectivity index (χ4n) is 1.72. The summed E-state index contributed by atoms with van der Waals surface area (Å²) >= 11 is 5.73. The molecular formula is C11H17ClN2O. The highest BCUT2D eigenvalue weighted by atomic mass is 35.5. The number of hydrogen-bond donors (Lipinski definition) is 0. The van der Waals surface area contributed by atoms with E-state index in [9.17, 15) is 4.79 Å². The molecule has 0 aliphatic carbocycles. The van der Waals surface area contributed by atoms with E-state index in [0.717, 1.165) is 19.4 Å². The summed E-state index contributed by atoms with van der Waals surface area (Å²) in [4.78, 5) is 13.4. The van der Waals surface area contributed by atoms with Crippen molar-refractivity contribution < 1.29 is 4.79 Å². The fraction of sp³-hybridized carbons (Fsp3) is 0.818. The van der Waals surface area contributed by atoms with Crippen molar-refractivity contribution in [2.24, 2.45) is 5.41 Å². The highest BCUT2D eigenvalue weighted by Crippen LogP contribution is 2.30. The summed E-state index contributed by atoms with van der Waals surface area (Å²) in [6.45, 7) is 5.42. The molecule has 0 aromatic heterocycles. The fourth-order valence-corrected chi connectivity index (χ4v) is 1.88. The van der Waals surface area contributed by atoms with Gasteiger partial charge in [0.2, 0.25) is 5.91 Å². The molecule has 1 heterocycles. The van der Waals surface area contributed by atoms with Gasteiger partial charge in [-0.2, -0.15) is 5.26 Å². The third kappa shape index (κ3) is 3.71. The van der Waals surface area contributed by atoms with Gasteiger partial charge in [-0.05, 0) is 18.3 Å². The van der Waals surface area contributed by atoms with Gasteiger partial charge in [0, 0.05) is 13.0 Å². The molecule has 1 aliphatic rings. The Hall–Kier alpha value is -0.750. The zero-order chi connectivity index (χ0) is 11.5. The topological polar surface area (TPSA) is 44.1 Å². The Labute approximate surface area is 96.0 Å². The molecule has 0 aromatic rings. The molecule has 4 heteroatoms. The van der Waals surface area contributed by atoms with E-state index in [1.807, 2.05) is 6.07 Å². The van der Waals surface area contributed by atoms with E-state index in [1.54, 1.807) is 4.90 Å². The Balaban J connectivity index is 2.59. The highest BCUT2D eigenvalue weighted by molar-refractivity contribution is 6.22. The van der Waals surface area contributed by atoms with Crippen LogP contribution in [0.4, 0.5) is 0 Å². The number of likely N-dealkylation sites (tertiary alicyclic amines) is 1. The van der Waals surface area contributed by atoms with Crippen LogP contribution >= 0.6 is 11.6 Å². The molecule has 1 fully saturated rings. The van der Waals surface area contributed by atoms with Crippen LogP contribution in [0.1, 0.15) is 33.1 Å². The van der Waals surface area contributed by atoms with Crippen molar-refractivity contribution in [3.63, 3.8) is 0 Å². The average Bonchev–Trinajstić information content (AvgIpc) is 2.31. The normalized spacial score (nSPS) is 23.1. The maximum atomic E-state index is 11.7. The van der Waals surface area contributed by atoms with E-state index < -0.39 is 5.38 Å². The van der Waals surface area contributed by atoms with E-state index >= 15 is 0 Å². The molecule has 84 valence electrons. The van der Waals surface area contributed by atoms with Crippen molar-refractivity contribution in [1.29, 1.82) is 5.26 Å². The van der Waals surface area contributed by atoms with Crippen LogP contribution < -0.4 is 0 Å². The molecule has 0 spiro atoms. The Bertz CT molecular complexity index is 283. The molecule has 1 amide bonds. The number of alkyl halides is 1. The van der Waals surface area contributed by atoms with E-state index in [1.165, 1.54) is 0 Å². The summed E-state index contributed by atoms with van der Waals surface area (Å²) < 4.78 is 0. The van der Waals surface area contributed by atoms with Gasteiger partial charge in [0.25, 0.3) is 0 Å². The second-order valence-corrected chi connectivity index (χ2v) is 5.38. The van der Waals surface area contributed by atoms with Crippen LogP contribution in [0.25, 0.3) is 0 Å². The number of carbonyl (C=O) groups excluding carboxylic acids is 1. The number of nitriles is 1. The van der Waals surface area contributed by atoms with Crippen molar-refractivity contribution in [3.05, 3.63) is 0 Å². The highest BCUT2D eigenvalue weighted by Gasteiger charge is 2.28. The molecule has 1 atom stereocenters. The van der Waals surface area contributed by atoms with E-state index in [2.05, 4.69) is 13.8 Å². The Morgan fingerprint density at radius 2 is 2.27 bits per heavy atom. The van der Waals surface area contributed by atoms with Crippen molar-refractivity contribution in [1.82, 2.24) is 4.90 Å². The molecule has 0 bridgehead atoms. The van der Waals surface area contributed by atoms with Crippen LogP contribution in [-0.4, -0.2) is 29.3 Å². The minimum absolute atomic E-state index is 0.126. The van der Waals surface area contributed by atoms with Crippen LogP contribution in [-0.2, 0) is 4.79 Å². The minimum atomic E-state index is -0.588. The summed E-state index contributed by atoms with van der Waals surface area (Å²) in [7, 11) is 0. The maximum Gasteiger partial charge on any atom is 0.222 e. The molecule has 0 aromatic carbocycles. The SMILES string of the molecule is CC1(C)CCC(=O)N(CC(Cl)C#N)CC1. The van der Waals surface area contributed by atoms with Gasteiger partial charge in [0.15, 0.2) is 0 Å². The lowest BCUT2D eigenvalue weighted by Gasteiger charge is -2.23. The molecule has 0 N–H and O–H groups in total. The third-order valence-corrected chi connectivity index (χ3v) is 3.18. The predicted octanol–water partition coefficient (Wildman–Crippen LogP) is 2.16. The Kier molecular flexibility index (Phi) is 3.98. The molecule has 0 radical (unpaired) electrons. The van der Waals surface area contributed by atoms with Gasteiger partial charge in [0.1, 0.15) is 5.38 Å². The van der Waals surface area contributed by atoms with Gasteiger partial charge in [-0.1, -0.05) is 13.8 Å². The first-order valence-corrected chi connectivity index (χ1v) is 5.70. The Morgan fingerprint density at radius 1 is 1.60 bits per heavy atom. The number of amides is 1. The van der Waals surface area contributed by atoms with E-state index in [0.29, 0.717) is 13.0 Å². The number of carbonyl (C=O) groups is 1. The monoisotopic (exact) mass is 228 g/mol. The van der Waals surface area contributed by atoms with Crippen molar-refractivity contribution in [2.75, 3.05) is 13.1 Å². The lowest BCUT2D eigenvalue weighted by atomic mass is 9.85. The number of hydrogen-bond acceptors (Lipinski definition) is 2. The third-order valence-electron chi connectivity index (χ3n) is 2.95. The lowest BCUT2D eigenvalue weighted by molar-refractivity contribution is -0.130. The molecule has 3 nitrogen and oxygen atoms in total. The van der Waals surface area contributed by atoms with Crippen molar-refractivity contribution >= 4 is 17.5 Å². The minimum Gasteiger partial charge on any atom is -0.340 e. The number of nitrogens with zero attached hydrogens (tertiary/aromatic N) is 2. The summed E-state index contributed by atoms with van der Waals surface area (Å²) in [6, 6.07) is 1.95. The molecule has 1 aliphatic heterocycles. The summed E-state index contributed by atoms with van der Waals surface area (Å²) in [5.74, 6) is 0.126. The zero-order valence-corrected chi connectivity index (χ0v) is 10.0. The van der Waals surface area contributed by atoms with Crippen molar-refractivity contribution in [2.45, 2.75) is 38.5 Å². The molecule has 15 heavy (non-hydrogen) atoms. The largest absolute Gasteiger partial charge is 0.340 e. The number of rotatable bonds is 2. The van der Waals surface area contributed by atoms with Crippen LogP contribution in [0, 0.1) is 16.7 Å². The van der Waals surface area contributed by atoms with Crippen LogP contribution in [0.15, 0.2) is 0 Å². The standard InChI is InChI=1S/C11H17ClN2O/c1-11(2)4-3-10(15)14(6-5-11)8-9(12)7-13/h9H,3-6,8H2,1-2H3. The quantitative estimate of drug-likeness (QED) is 0.680. The second-order valence-electron chi connectivity index (χ2n) is 4.85. The van der Waals surface area contributed by atoms with Gasteiger partial charge >= 0.3 is 0 Å². The van der Waals surface area contributed by atoms with Gasteiger partial charge < -0.3 is 4.90 Å². The predicted molar refractivity (Wildman–Crippen MR) is 59.5 cm³/mol. The molecule has 1 rings (SSSR count). The van der Waals surface area contributed by atoms with Crippen molar-refractivity contribution in [3.8, 4) is 6.07 Å². The zero-order valence-electron chi connectivity index (χ0n) is 9.29.